The van der Waals surface area contributed by atoms with Crippen molar-refractivity contribution in [2.45, 2.75) is 38.6 Å². The molecule has 2 rings (SSSR count). The van der Waals surface area contributed by atoms with Gasteiger partial charge in [0.25, 0.3) is 0 Å². The molecule has 1 amide bonds. The minimum Gasteiger partial charge on any atom is -0.354 e. The molecule has 2 aromatic rings. The van der Waals surface area contributed by atoms with Crippen molar-refractivity contribution in [3.8, 4) is 0 Å². The maximum Gasteiger partial charge on any atom is 0.230 e. The molecule has 1 N–H and O–H groups in total. The van der Waals surface area contributed by atoms with Crippen LogP contribution in [0.5, 0.6) is 0 Å². The molecule has 0 spiro atoms. The van der Waals surface area contributed by atoms with Crippen molar-refractivity contribution < 1.29 is 4.79 Å². The smallest absolute Gasteiger partial charge is 0.230 e. The molecule has 5 heteroatoms. The van der Waals surface area contributed by atoms with Gasteiger partial charge in [0.15, 0.2) is 0 Å². The molecule has 1 atom stereocenters. The summed E-state index contributed by atoms with van der Waals surface area (Å²) in [5.41, 5.74) is 0. The van der Waals surface area contributed by atoms with Crippen molar-refractivity contribution in [2.24, 2.45) is 0 Å². The number of carbonyl (C=O) groups excluding carboxylic acids is 1. The van der Waals surface area contributed by atoms with Gasteiger partial charge in [-0.05, 0) is 36.7 Å². The standard InChI is InChI=1S/C18H26N2OS2/c1-13(2)22-12-18(21)19-10-14(3)20(4)11-16-9-15-7-5-6-8-17(15)23-16/h5-9,13-14H,10-12H2,1-4H3,(H,19,21). The average molecular weight is 351 g/mol. The second kappa shape index (κ2) is 8.71. The molecule has 0 saturated heterocycles. The third-order valence-corrected chi connectivity index (χ3v) is 5.97. The van der Waals surface area contributed by atoms with Crippen LogP contribution >= 0.6 is 23.1 Å². The van der Waals surface area contributed by atoms with Gasteiger partial charge in [0.1, 0.15) is 0 Å². The van der Waals surface area contributed by atoms with E-state index in [1.54, 1.807) is 11.8 Å². The summed E-state index contributed by atoms with van der Waals surface area (Å²) < 4.78 is 1.34. The van der Waals surface area contributed by atoms with E-state index in [0.717, 1.165) is 6.54 Å². The van der Waals surface area contributed by atoms with E-state index >= 15 is 0 Å². The first-order valence-electron chi connectivity index (χ1n) is 8.01. The lowest BCUT2D eigenvalue weighted by Gasteiger charge is -2.24. The number of thiophene rings is 1. The zero-order valence-electron chi connectivity index (χ0n) is 14.3. The highest BCUT2D eigenvalue weighted by Gasteiger charge is 2.13. The van der Waals surface area contributed by atoms with Gasteiger partial charge in [-0.25, -0.2) is 0 Å². The number of nitrogens with one attached hydrogen (secondary N) is 1. The number of hydrogen-bond acceptors (Lipinski definition) is 4. The summed E-state index contributed by atoms with van der Waals surface area (Å²) in [6, 6.07) is 11.1. The van der Waals surface area contributed by atoms with Gasteiger partial charge in [0.05, 0.1) is 5.75 Å². The summed E-state index contributed by atoms with van der Waals surface area (Å²) in [6.45, 7) is 7.98. The van der Waals surface area contributed by atoms with Gasteiger partial charge in [-0.3, -0.25) is 9.69 Å². The van der Waals surface area contributed by atoms with Crippen LogP contribution < -0.4 is 5.32 Å². The fourth-order valence-electron chi connectivity index (χ4n) is 2.23. The predicted molar refractivity (Wildman–Crippen MR) is 103 cm³/mol. The Morgan fingerprint density at radius 1 is 1.30 bits per heavy atom. The van der Waals surface area contributed by atoms with E-state index < -0.39 is 0 Å². The molecule has 0 bridgehead atoms. The first-order chi connectivity index (χ1) is 11.0. The molecule has 0 fully saturated rings. The SMILES string of the molecule is CC(C)SCC(=O)NCC(C)N(C)Cc1cc2ccccc2s1. The normalized spacial score (nSPS) is 13.0. The van der Waals surface area contributed by atoms with Crippen LogP contribution in [-0.2, 0) is 11.3 Å². The summed E-state index contributed by atoms with van der Waals surface area (Å²) >= 11 is 3.53. The summed E-state index contributed by atoms with van der Waals surface area (Å²) in [4.78, 5) is 15.5. The van der Waals surface area contributed by atoms with Gasteiger partial charge in [-0.15, -0.1) is 23.1 Å². The number of carbonyl (C=O) groups is 1. The van der Waals surface area contributed by atoms with Crippen LogP contribution in [0.2, 0.25) is 0 Å². The van der Waals surface area contributed by atoms with Crippen molar-refractivity contribution in [3.63, 3.8) is 0 Å². The molecule has 1 heterocycles. The minimum absolute atomic E-state index is 0.130. The summed E-state index contributed by atoms with van der Waals surface area (Å²) in [7, 11) is 2.12. The second-order valence-corrected chi connectivity index (χ2v) is 8.91. The maximum atomic E-state index is 11.8. The largest absolute Gasteiger partial charge is 0.354 e. The maximum absolute atomic E-state index is 11.8. The van der Waals surface area contributed by atoms with Crippen LogP contribution in [0, 0.1) is 0 Å². The Kier molecular flexibility index (Phi) is 6.93. The predicted octanol–water partition coefficient (Wildman–Crippen LogP) is 3.98. The van der Waals surface area contributed by atoms with Crippen LogP contribution in [0.4, 0.5) is 0 Å². The van der Waals surface area contributed by atoms with E-state index in [-0.39, 0.29) is 5.91 Å². The van der Waals surface area contributed by atoms with Crippen molar-refractivity contribution in [1.29, 1.82) is 0 Å². The molecular formula is C18H26N2OS2. The summed E-state index contributed by atoms with van der Waals surface area (Å²) in [5.74, 6) is 0.676. The lowest BCUT2D eigenvalue weighted by atomic mass is 10.2. The van der Waals surface area contributed by atoms with Gasteiger partial charge < -0.3 is 5.32 Å². The monoisotopic (exact) mass is 350 g/mol. The number of rotatable bonds is 8. The Bertz CT molecular complexity index is 606. The van der Waals surface area contributed by atoms with Crippen LogP contribution in [0.1, 0.15) is 25.6 Å². The molecule has 0 aliphatic heterocycles. The fraction of sp³-hybridized carbons (Fsp3) is 0.500. The Morgan fingerprint density at radius 2 is 2.04 bits per heavy atom. The highest BCUT2D eigenvalue weighted by Crippen LogP contribution is 2.26. The molecule has 1 aromatic carbocycles. The highest BCUT2D eigenvalue weighted by atomic mass is 32.2. The molecule has 0 saturated carbocycles. The lowest BCUT2D eigenvalue weighted by molar-refractivity contribution is -0.118. The van der Waals surface area contributed by atoms with E-state index in [1.807, 2.05) is 11.3 Å². The van der Waals surface area contributed by atoms with Crippen LogP contribution in [0.3, 0.4) is 0 Å². The van der Waals surface area contributed by atoms with Crippen LogP contribution in [0.25, 0.3) is 10.1 Å². The Balaban J connectivity index is 1.80. The first-order valence-corrected chi connectivity index (χ1v) is 9.88. The molecule has 126 valence electrons. The second-order valence-electron chi connectivity index (χ2n) is 6.18. The zero-order chi connectivity index (χ0) is 16.8. The lowest BCUT2D eigenvalue weighted by Crippen LogP contribution is -2.40. The third kappa shape index (κ3) is 5.83. The van der Waals surface area contributed by atoms with Gasteiger partial charge in [0.2, 0.25) is 5.91 Å². The molecule has 0 radical (unpaired) electrons. The topological polar surface area (TPSA) is 32.3 Å². The van der Waals surface area contributed by atoms with Crippen molar-refractivity contribution >= 4 is 39.1 Å². The van der Waals surface area contributed by atoms with E-state index in [2.05, 4.69) is 68.4 Å². The number of thioether (sulfide) groups is 1. The number of amides is 1. The number of fused-ring (bicyclic) bond motifs is 1. The quantitative estimate of drug-likeness (QED) is 0.781. The molecule has 3 nitrogen and oxygen atoms in total. The number of nitrogens with zero attached hydrogens (tertiary/aromatic N) is 1. The van der Waals surface area contributed by atoms with Crippen LogP contribution in [-0.4, -0.2) is 41.4 Å². The molecule has 23 heavy (non-hydrogen) atoms. The number of hydrogen-bond donors (Lipinski definition) is 1. The van der Waals surface area contributed by atoms with E-state index in [9.17, 15) is 4.79 Å². The minimum atomic E-state index is 0.130. The summed E-state index contributed by atoms with van der Waals surface area (Å²) in [6.07, 6.45) is 0. The first kappa shape index (κ1) is 18.3. The van der Waals surface area contributed by atoms with E-state index in [0.29, 0.717) is 23.6 Å². The molecule has 1 unspecified atom stereocenters. The van der Waals surface area contributed by atoms with E-state index in [1.165, 1.54) is 15.0 Å². The van der Waals surface area contributed by atoms with Gasteiger partial charge >= 0.3 is 0 Å². The number of benzene rings is 1. The van der Waals surface area contributed by atoms with Gasteiger partial charge in [0, 0.05) is 28.7 Å². The fourth-order valence-corrected chi connectivity index (χ4v) is 3.94. The third-order valence-electron chi connectivity index (χ3n) is 3.78. The highest BCUT2D eigenvalue weighted by molar-refractivity contribution is 8.00. The molecule has 0 aliphatic rings. The Labute approximate surface area is 147 Å². The van der Waals surface area contributed by atoms with Crippen LogP contribution in [0.15, 0.2) is 30.3 Å². The molecule has 0 aliphatic carbocycles. The zero-order valence-corrected chi connectivity index (χ0v) is 16.0. The molecular weight excluding hydrogens is 324 g/mol. The van der Waals surface area contributed by atoms with Gasteiger partial charge in [-0.1, -0.05) is 32.0 Å². The Hall–Kier alpha value is -1.04. The molecule has 1 aromatic heterocycles. The van der Waals surface area contributed by atoms with Gasteiger partial charge in [-0.2, -0.15) is 0 Å². The van der Waals surface area contributed by atoms with Crippen molar-refractivity contribution in [3.05, 3.63) is 35.2 Å². The van der Waals surface area contributed by atoms with Crippen molar-refractivity contribution in [2.75, 3.05) is 19.3 Å². The summed E-state index contributed by atoms with van der Waals surface area (Å²) in [5, 5.41) is 4.84. The number of likely N-dealkylation sites (N-methyl/N-ethyl adjacent to an activating group) is 1. The van der Waals surface area contributed by atoms with E-state index in [4.69, 9.17) is 0 Å². The van der Waals surface area contributed by atoms with Crippen molar-refractivity contribution in [1.82, 2.24) is 10.2 Å². The Morgan fingerprint density at radius 3 is 2.74 bits per heavy atom. The average Bonchev–Trinajstić information content (AvgIpc) is 2.92.